The highest BCUT2D eigenvalue weighted by molar-refractivity contribution is 7.89. The van der Waals surface area contributed by atoms with Gasteiger partial charge in [-0.05, 0) is 25.1 Å². The number of nitrogens with two attached hydrogens (primary N) is 1. The highest BCUT2D eigenvalue weighted by Gasteiger charge is 2.20. The van der Waals surface area contributed by atoms with Crippen molar-refractivity contribution in [1.29, 1.82) is 5.41 Å². The average Bonchev–Trinajstić information content (AvgIpc) is 2.21. The summed E-state index contributed by atoms with van der Waals surface area (Å²) >= 11 is 0. The van der Waals surface area contributed by atoms with Crippen LogP contribution in [-0.4, -0.2) is 20.3 Å². The number of rotatable bonds is 4. The van der Waals surface area contributed by atoms with E-state index in [-0.39, 0.29) is 5.84 Å². The predicted octanol–water partition coefficient (Wildman–Crippen LogP) is 0.568. The van der Waals surface area contributed by atoms with E-state index in [0.29, 0.717) is 12.1 Å². The van der Waals surface area contributed by atoms with Gasteiger partial charge in [-0.2, -0.15) is 0 Å². The van der Waals surface area contributed by atoms with Crippen molar-refractivity contribution >= 4 is 15.9 Å². The van der Waals surface area contributed by atoms with Gasteiger partial charge in [0.05, 0.1) is 10.9 Å². The van der Waals surface area contributed by atoms with Crippen molar-refractivity contribution in [1.82, 2.24) is 4.72 Å². The van der Waals surface area contributed by atoms with Gasteiger partial charge in [0.25, 0.3) is 0 Å². The molecule has 17 heavy (non-hydrogen) atoms. The van der Waals surface area contributed by atoms with Crippen molar-refractivity contribution in [2.45, 2.75) is 17.9 Å². The topological polar surface area (TPSA) is 96.0 Å². The zero-order chi connectivity index (χ0) is 13.2. The van der Waals surface area contributed by atoms with E-state index < -0.39 is 32.6 Å². The van der Waals surface area contributed by atoms with Gasteiger partial charge in [-0.1, -0.05) is 0 Å². The van der Waals surface area contributed by atoms with Gasteiger partial charge >= 0.3 is 0 Å². The molecule has 4 N–H and O–H groups in total. The van der Waals surface area contributed by atoms with Crippen molar-refractivity contribution in [3.05, 3.63) is 29.8 Å². The number of hydrogen-bond donors (Lipinski definition) is 3. The fourth-order valence-electron chi connectivity index (χ4n) is 1.01. The fraction of sp³-hybridized carbons (Fsp3) is 0.222. The molecule has 0 heterocycles. The molecule has 0 aromatic heterocycles. The molecule has 0 amide bonds. The van der Waals surface area contributed by atoms with Gasteiger partial charge in [-0.25, -0.2) is 21.9 Å². The first-order chi connectivity index (χ1) is 7.74. The zero-order valence-corrected chi connectivity index (χ0v) is 9.68. The van der Waals surface area contributed by atoms with Crippen molar-refractivity contribution in [2.75, 3.05) is 0 Å². The lowest BCUT2D eigenvalue weighted by Crippen LogP contribution is -2.41. The van der Waals surface area contributed by atoms with Crippen molar-refractivity contribution in [3.63, 3.8) is 0 Å². The summed E-state index contributed by atoms with van der Waals surface area (Å²) in [5, 5.41) is 7.04. The van der Waals surface area contributed by atoms with Gasteiger partial charge in [0.2, 0.25) is 10.0 Å². The van der Waals surface area contributed by atoms with Crippen LogP contribution in [0.4, 0.5) is 8.78 Å². The lowest BCUT2D eigenvalue weighted by atomic mass is 10.3. The molecule has 1 unspecified atom stereocenters. The summed E-state index contributed by atoms with van der Waals surface area (Å²) in [6.45, 7) is 1.36. The molecule has 1 aromatic rings. The van der Waals surface area contributed by atoms with Crippen LogP contribution >= 0.6 is 0 Å². The lowest BCUT2D eigenvalue weighted by Gasteiger charge is -2.12. The zero-order valence-electron chi connectivity index (χ0n) is 8.87. The molecule has 0 aliphatic heterocycles. The summed E-state index contributed by atoms with van der Waals surface area (Å²) in [7, 11) is -4.02. The van der Waals surface area contributed by atoms with E-state index in [2.05, 4.69) is 4.72 Å². The Morgan fingerprint density at radius 3 is 2.47 bits per heavy atom. The van der Waals surface area contributed by atoms with Crippen LogP contribution in [0.2, 0.25) is 0 Å². The average molecular weight is 263 g/mol. The van der Waals surface area contributed by atoms with E-state index >= 15 is 0 Å². The third-order valence-corrected chi connectivity index (χ3v) is 3.54. The summed E-state index contributed by atoms with van der Waals surface area (Å²) in [4.78, 5) is -0.426. The number of benzene rings is 1. The predicted molar refractivity (Wildman–Crippen MR) is 58.1 cm³/mol. The fourth-order valence-corrected chi connectivity index (χ4v) is 2.24. The lowest BCUT2D eigenvalue weighted by molar-refractivity contribution is 0.504. The largest absolute Gasteiger partial charge is 0.386 e. The molecular formula is C9H11F2N3O2S. The maximum Gasteiger partial charge on any atom is 0.241 e. The number of amidine groups is 1. The van der Waals surface area contributed by atoms with Crippen molar-refractivity contribution < 1.29 is 17.2 Å². The summed E-state index contributed by atoms with van der Waals surface area (Å²) in [5.41, 5.74) is 5.10. The molecule has 0 bridgehead atoms. The monoisotopic (exact) mass is 263 g/mol. The van der Waals surface area contributed by atoms with E-state index in [9.17, 15) is 17.2 Å². The van der Waals surface area contributed by atoms with Crippen LogP contribution in [0.25, 0.3) is 0 Å². The molecule has 94 valence electrons. The minimum Gasteiger partial charge on any atom is -0.386 e. The van der Waals surface area contributed by atoms with Gasteiger partial charge in [-0.3, -0.25) is 5.41 Å². The molecule has 8 heteroatoms. The third-order valence-electron chi connectivity index (χ3n) is 2.00. The standard InChI is InChI=1S/C9H11F2N3O2S/c1-5(9(12)13)14-17(15,16)6-2-3-7(10)8(11)4-6/h2-5,14H,1H3,(H3,12,13). The highest BCUT2D eigenvalue weighted by atomic mass is 32.2. The SMILES string of the molecule is CC(NS(=O)(=O)c1ccc(F)c(F)c1)C(=N)N. The van der Waals surface area contributed by atoms with Crippen molar-refractivity contribution in [2.24, 2.45) is 5.73 Å². The number of hydrogen-bond acceptors (Lipinski definition) is 3. The molecule has 1 aromatic carbocycles. The van der Waals surface area contributed by atoms with Crippen LogP contribution in [0.15, 0.2) is 23.1 Å². The maximum absolute atomic E-state index is 12.9. The Balaban J connectivity index is 3.05. The van der Waals surface area contributed by atoms with Crippen LogP contribution in [0, 0.1) is 17.0 Å². The van der Waals surface area contributed by atoms with Crippen molar-refractivity contribution in [3.8, 4) is 0 Å². The Bertz CT molecular complexity index is 545. The smallest absolute Gasteiger partial charge is 0.241 e. The maximum atomic E-state index is 12.9. The summed E-state index contributed by atoms with van der Waals surface area (Å²) in [6.07, 6.45) is 0. The Morgan fingerprint density at radius 1 is 1.41 bits per heavy atom. The van der Waals surface area contributed by atoms with Gasteiger partial charge in [-0.15, -0.1) is 0 Å². The normalized spacial score (nSPS) is 13.4. The molecule has 5 nitrogen and oxygen atoms in total. The second-order valence-corrected chi connectivity index (χ2v) is 5.09. The summed E-state index contributed by atoms with van der Waals surface area (Å²) < 4.78 is 50.9. The molecule has 0 aliphatic rings. The minimum absolute atomic E-state index is 0.379. The van der Waals surface area contributed by atoms with E-state index in [1.807, 2.05) is 0 Å². The Hall–Kier alpha value is -1.54. The Morgan fingerprint density at radius 2 is 2.00 bits per heavy atom. The molecular weight excluding hydrogens is 252 g/mol. The number of nitrogens with one attached hydrogen (secondary N) is 2. The molecule has 0 spiro atoms. The van der Waals surface area contributed by atoms with Crippen LogP contribution in [0.1, 0.15) is 6.92 Å². The van der Waals surface area contributed by atoms with E-state index in [0.717, 1.165) is 6.07 Å². The van der Waals surface area contributed by atoms with Crippen LogP contribution < -0.4 is 10.5 Å². The number of sulfonamides is 1. The first kappa shape index (κ1) is 13.5. The summed E-state index contributed by atoms with van der Waals surface area (Å²) in [5.74, 6) is -2.77. The van der Waals surface area contributed by atoms with Gasteiger partial charge in [0.1, 0.15) is 5.84 Å². The molecule has 0 radical (unpaired) electrons. The van der Waals surface area contributed by atoms with E-state index in [1.54, 1.807) is 0 Å². The minimum atomic E-state index is -4.02. The van der Waals surface area contributed by atoms with Gasteiger partial charge in [0.15, 0.2) is 11.6 Å². The molecule has 0 fully saturated rings. The van der Waals surface area contributed by atoms with Crippen LogP contribution in [-0.2, 0) is 10.0 Å². The number of halogens is 2. The molecule has 1 atom stereocenters. The van der Waals surface area contributed by atoms with Crippen LogP contribution in [0.3, 0.4) is 0 Å². The first-order valence-electron chi connectivity index (χ1n) is 4.55. The Labute approximate surface area is 97.2 Å². The molecule has 1 rings (SSSR count). The Kier molecular flexibility index (Phi) is 3.79. The second kappa shape index (κ2) is 4.76. The summed E-state index contributed by atoms with van der Waals surface area (Å²) in [6, 6.07) is 1.27. The third kappa shape index (κ3) is 3.21. The van der Waals surface area contributed by atoms with Gasteiger partial charge in [0, 0.05) is 0 Å². The van der Waals surface area contributed by atoms with Crippen LogP contribution in [0.5, 0.6) is 0 Å². The molecule has 0 aliphatic carbocycles. The first-order valence-corrected chi connectivity index (χ1v) is 6.03. The van der Waals surface area contributed by atoms with Gasteiger partial charge < -0.3 is 5.73 Å². The van der Waals surface area contributed by atoms with E-state index in [1.165, 1.54) is 6.92 Å². The second-order valence-electron chi connectivity index (χ2n) is 3.37. The van der Waals surface area contributed by atoms with E-state index in [4.69, 9.17) is 11.1 Å². The molecule has 0 saturated carbocycles. The quantitative estimate of drug-likeness (QED) is 0.547. The highest BCUT2D eigenvalue weighted by Crippen LogP contribution is 2.13. The molecule has 0 saturated heterocycles.